The molecule has 2 rings (SSSR count). The smallest absolute Gasteiger partial charge is 0.272 e. The zero-order valence-corrected chi connectivity index (χ0v) is 15.0. The minimum Gasteiger partial charge on any atom is -0.340 e. The molecule has 0 unspecified atom stereocenters. The Hall–Kier alpha value is -0.970. The van der Waals surface area contributed by atoms with Gasteiger partial charge in [-0.15, -0.1) is 0 Å². The number of aromatic nitrogens is 1. The quantitative estimate of drug-likeness (QED) is 0.717. The molecule has 2 aromatic rings. The normalized spacial score (nSPS) is 11.0. The van der Waals surface area contributed by atoms with E-state index in [0.29, 0.717) is 21.4 Å². The molecule has 0 fully saturated rings. The zero-order valence-electron chi connectivity index (χ0n) is 11.9. The first-order valence-electron chi connectivity index (χ1n) is 6.44. The van der Waals surface area contributed by atoms with E-state index in [4.69, 9.17) is 23.2 Å². The molecule has 0 bridgehead atoms. The van der Waals surface area contributed by atoms with Gasteiger partial charge in [-0.1, -0.05) is 29.3 Å². The third-order valence-electron chi connectivity index (χ3n) is 3.13. The van der Waals surface area contributed by atoms with Crippen molar-refractivity contribution in [3.63, 3.8) is 0 Å². The van der Waals surface area contributed by atoms with Gasteiger partial charge >= 0.3 is 0 Å². The molecule has 112 valence electrons. The van der Waals surface area contributed by atoms with Crippen LogP contribution in [0.3, 0.4) is 0 Å². The molecule has 0 aliphatic heterocycles. The highest BCUT2D eigenvalue weighted by Gasteiger charge is 2.18. The highest BCUT2D eigenvalue weighted by Crippen LogP contribution is 2.33. The Labute approximate surface area is 142 Å². The lowest BCUT2D eigenvalue weighted by Crippen LogP contribution is -2.18. The van der Waals surface area contributed by atoms with Crippen LogP contribution in [-0.2, 0) is 0 Å². The molecule has 0 spiro atoms. The van der Waals surface area contributed by atoms with Crippen LogP contribution in [-0.4, -0.2) is 10.5 Å². The SMILES string of the molecule is Cc1ccc(Cl)c(NC(=O)c2cc(Br)cn2C(C)C)c1Cl. The summed E-state index contributed by atoms with van der Waals surface area (Å²) < 4.78 is 2.74. The molecule has 0 saturated carbocycles. The molecule has 3 nitrogen and oxygen atoms in total. The summed E-state index contributed by atoms with van der Waals surface area (Å²) in [5.74, 6) is -0.246. The standard InChI is InChI=1S/C15H15BrCl2N2O/c1-8(2)20-7-10(16)6-12(20)15(21)19-14-11(17)5-4-9(3)13(14)18/h4-8H,1-3H3,(H,19,21). The van der Waals surface area contributed by atoms with Crippen molar-refractivity contribution in [1.82, 2.24) is 4.57 Å². The Bertz CT molecular complexity index is 695. The van der Waals surface area contributed by atoms with Gasteiger partial charge in [-0.2, -0.15) is 0 Å². The number of nitrogens with one attached hydrogen (secondary N) is 1. The molecule has 1 amide bonds. The summed E-state index contributed by atoms with van der Waals surface area (Å²) in [6, 6.07) is 5.47. The number of amides is 1. The van der Waals surface area contributed by atoms with Crippen molar-refractivity contribution in [2.75, 3.05) is 5.32 Å². The molecule has 0 saturated heterocycles. The minimum atomic E-state index is -0.246. The van der Waals surface area contributed by atoms with Gasteiger partial charge in [0.05, 0.1) is 15.7 Å². The summed E-state index contributed by atoms with van der Waals surface area (Å²) in [6.07, 6.45) is 1.87. The lowest BCUT2D eigenvalue weighted by molar-refractivity contribution is 0.101. The number of hydrogen-bond acceptors (Lipinski definition) is 1. The van der Waals surface area contributed by atoms with Gasteiger partial charge in [0.25, 0.3) is 5.91 Å². The molecule has 21 heavy (non-hydrogen) atoms. The number of hydrogen-bond donors (Lipinski definition) is 1. The van der Waals surface area contributed by atoms with Crippen LogP contribution < -0.4 is 5.32 Å². The maximum atomic E-state index is 12.5. The van der Waals surface area contributed by atoms with Crippen LogP contribution in [0.2, 0.25) is 10.0 Å². The van der Waals surface area contributed by atoms with Crippen molar-refractivity contribution in [2.24, 2.45) is 0 Å². The Morgan fingerprint density at radius 2 is 2.00 bits per heavy atom. The van der Waals surface area contributed by atoms with Crippen molar-refractivity contribution in [3.8, 4) is 0 Å². The molecule has 1 aromatic heterocycles. The fraction of sp³-hybridized carbons (Fsp3) is 0.267. The van der Waals surface area contributed by atoms with Crippen LogP contribution in [0.1, 0.15) is 35.9 Å². The second-order valence-electron chi connectivity index (χ2n) is 5.05. The highest BCUT2D eigenvalue weighted by atomic mass is 79.9. The van der Waals surface area contributed by atoms with Gasteiger partial charge in [-0.3, -0.25) is 4.79 Å². The van der Waals surface area contributed by atoms with Gasteiger partial charge in [0, 0.05) is 16.7 Å². The van der Waals surface area contributed by atoms with E-state index in [0.717, 1.165) is 10.0 Å². The summed E-state index contributed by atoms with van der Waals surface area (Å²) in [7, 11) is 0. The van der Waals surface area contributed by atoms with E-state index in [1.165, 1.54) is 0 Å². The molecule has 0 aliphatic carbocycles. The fourth-order valence-electron chi connectivity index (χ4n) is 2.00. The lowest BCUT2D eigenvalue weighted by atomic mass is 10.2. The number of halogens is 3. The fourth-order valence-corrected chi connectivity index (χ4v) is 2.91. The van der Waals surface area contributed by atoms with E-state index in [2.05, 4.69) is 21.2 Å². The van der Waals surface area contributed by atoms with Crippen molar-refractivity contribution >= 4 is 50.7 Å². The predicted octanol–water partition coefficient (Wildman–Crippen LogP) is 5.70. The van der Waals surface area contributed by atoms with Crippen LogP contribution in [0.4, 0.5) is 5.69 Å². The molecule has 0 atom stereocenters. The third kappa shape index (κ3) is 3.44. The Morgan fingerprint density at radius 1 is 1.33 bits per heavy atom. The van der Waals surface area contributed by atoms with E-state index in [1.54, 1.807) is 12.1 Å². The van der Waals surface area contributed by atoms with Gasteiger partial charge in [0.15, 0.2) is 0 Å². The number of carbonyl (C=O) groups is 1. The molecular weight excluding hydrogens is 375 g/mol. The van der Waals surface area contributed by atoms with Gasteiger partial charge in [0.1, 0.15) is 5.69 Å². The monoisotopic (exact) mass is 388 g/mol. The molecule has 0 radical (unpaired) electrons. The molecule has 1 heterocycles. The minimum absolute atomic E-state index is 0.167. The molecule has 1 N–H and O–H groups in total. The molecular formula is C15H15BrCl2N2O. The van der Waals surface area contributed by atoms with Crippen molar-refractivity contribution in [2.45, 2.75) is 26.8 Å². The number of anilines is 1. The van der Waals surface area contributed by atoms with Crippen LogP contribution >= 0.6 is 39.1 Å². The lowest BCUT2D eigenvalue weighted by Gasteiger charge is -2.14. The van der Waals surface area contributed by atoms with Crippen LogP contribution in [0.25, 0.3) is 0 Å². The molecule has 6 heteroatoms. The average molecular weight is 390 g/mol. The summed E-state index contributed by atoms with van der Waals surface area (Å²) in [4.78, 5) is 12.5. The Balaban J connectivity index is 2.37. The second kappa shape index (κ2) is 6.42. The molecule has 0 aliphatic rings. The Morgan fingerprint density at radius 3 is 2.62 bits per heavy atom. The number of aryl methyl sites for hydroxylation is 1. The van der Waals surface area contributed by atoms with Crippen LogP contribution in [0, 0.1) is 6.92 Å². The van der Waals surface area contributed by atoms with Gasteiger partial charge in [-0.25, -0.2) is 0 Å². The number of benzene rings is 1. The van der Waals surface area contributed by atoms with Crippen molar-refractivity contribution in [3.05, 3.63) is 50.2 Å². The van der Waals surface area contributed by atoms with E-state index in [-0.39, 0.29) is 11.9 Å². The Kier molecular flexibility index (Phi) is 5.02. The summed E-state index contributed by atoms with van der Waals surface area (Å²) >= 11 is 15.7. The van der Waals surface area contributed by atoms with E-state index >= 15 is 0 Å². The van der Waals surface area contributed by atoms with Crippen molar-refractivity contribution < 1.29 is 4.79 Å². The van der Waals surface area contributed by atoms with Gasteiger partial charge in [-0.05, 0) is 54.4 Å². The second-order valence-corrected chi connectivity index (χ2v) is 6.75. The maximum Gasteiger partial charge on any atom is 0.272 e. The largest absolute Gasteiger partial charge is 0.340 e. The average Bonchev–Trinajstić information content (AvgIpc) is 2.81. The predicted molar refractivity (Wildman–Crippen MR) is 91.7 cm³/mol. The van der Waals surface area contributed by atoms with E-state index in [9.17, 15) is 4.79 Å². The topological polar surface area (TPSA) is 34.0 Å². The maximum absolute atomic E-state index is 12.5. The van der Waals surface area contributed by atoms with E-state index < -0.39 is 0 Å². The number of carbonyl (C=O) groups excluding carboxylic acids is 1. The first-order valence-corrected chi connectivity index (χ1v) is 7.99. The molecule has 1 aromatic carbocycles. The summed E-state index contributed by atoms with van der Waals surface area (Å²) in [5.41, 5.74) is 1.85. The van der Waals surface area contributed by atoms with Crippen LogP contribution in [0.5, 0.6) is 0 Å². The summed E-state index contributed by atoms with van der Waals surface area (Å²) in [5, 5.41) is 3.67. The first kappa shape index (κ1) is 16.4. The van der Waals surface area contributed by atoms with Crippen molar-refractivity contribution in [1.29, 1.82) is 0 Å². The number of nitrogens with zero attached hydrogens (tertiary/aromatic N) is 1. The summed E-state index contributed by atoms with van der Waals surface area (Å²) in [6.45, 7) is 5.88. The van der Waals surface area contributed by atoms with Gasteiger partial charge < -0.3 is 9.88 Å². The first-order chi connectivity index (χ1) is 9.81. The van der Waals surface area contributed by atoms with E-state index in [1.807, 2.05) is 37.6 Å². The zero-order chi connectivity index (χ0) is 15.7. The third-order valence-corrected chi connectivity index (χ3v) is 4.36. The van der Waals surface area contributed by atoms with Crippen LogP contribution in [0.15, 0.2) is 28.9 Å². The number of rotatable bonds is 3. The van der Waals surface area contributed by atoms with Gasteiger partial charge in [0.2, 0.25) is 0 Å². The highest BCUT2D eigenvalue weighted by molar-refractivity contribution is 9.10.